The maximum atomic E-state index is 11.3. The third-order valence-corrected chi connectivity index (χ3v) is 4.95. The normalized spacial score (nSPS) is 24.4. The Bertz CT molecular complexity index is 587. The molecule has 1 aliphatic carbocycles. The molecule has 1 aromatic carbocycles. The van der Waals surface area contributed by atoms with E-state index in [0.717, 1.165) is 24.2 Å². The minimum absolute atomic E-state index is 0.388. The van der Waals surface area contributed by atoms with Gasteiger partial charge in [-0.25, -0.2) is 0 Å². The molecular formula is C18H25NO4. The SMILES string of the molecule is CCOc1cc2c(cc1CN1CC[C@@H](O)[C@@H](C(=O)O)C1)CCC2. The maximum absolute atomic E-state index is 11.3. The van der Waals surface area contributed by atoms with Gasteiger partial charge in [0.1, 0.15) is 5.75 Å². The number of carboxylic acids is 1. The van der Waals surface area contributed by atoms with Crippen molar-refractivity contribution in [1.82, 2.24) is 4.90 Å². The summed E-state index contributed by atoms with van der Waals surface area (Å²) in [6, 6.07) is 4.39. The van der Waals surface area contributed by atoms with Gasteiger partial charge >= 0.3 is 5.97 Å². The van der Waals surface area contributed by atoms with E-state index in [2.05, 4.69) is 17.0 Å². The van der Waals surface area contributed by atoms with Crippen LogP contribution in [0.15, 0.2) is 12.1 Å². The molecule has 0 saturated carbocycles. The summed E-state index contributed by atoms with van der Waals surface area (Å²) in [4.78, 5) is 13.4. The van der Waals surface area contributed by atoms with Crippen LogP contribution in [0.5, 0.6) is 5.75 Å². The highest BCUT2D eigenvalue weighted by atomic mass is 16.5. The third-order valence-electron chi connectivity index (χ3n) is 4.95. The fraction of sp³-hybridized carbons (Fsp3) is 0.611. The summed E-state index contributed by atoms with van der Waals surface area (Å²) in [6.45, 7) is 4.39. The molecule has 1 aromatic rings. The molecule has 0 aromatic heterocycles. The van der Waals surface area contributed by atoms with Gasteiger partial charge < -0.3 is 14.9 Å². The fourth-order valence-corrected chi connectivity index (χ4v) is 3.70. The highest BCUT2D eigenvalue weighted by Crippen LogP contribution is 2.31. The van der Waals surface area contributed by atoms with Gasteiger partial charge in [0.15, 0.2) is 0 Å². The zero-order chi connectivity index (χ0) is 16.4. The predicted molar refractivity (Wildman–Crippen MR) is 86.7 cm³/mol. The van der Waals surface area contributed by atoms with Crippen LogP contribution in [0.2, 0.25) is 0 Å². The number of ether oxygens (including phenoxy) is 1. The average Bonchev–Trinajstić information content (AvgIpc) is 2.96. The smallest absolute Gasteiger partial charge is 0.310 e. The molecule has 0 spiro atoms. The molecule has 3 rings (SSSR count). The summed E-state index contributed by atoms with van der Waals surface area (Å²) < 4.78 is 5.81. The van der Waals surface area contributed by atoms with Crippen molar-refractivity contribution in [2.75, 3.05) is 19.7 Å². The van der Waals surface area contributed by atoms with Gasteiger partial charge in [0.2, 0.25) is 0 Å². The fourth-order valence-electron chi connectivity index (χ4n) is 3.70. The standard InChI is InChI=1S/C18H25NO4/c1-2-23-17-9-13-5-3-4-12(13)8-14(17)10-19-7-6-16(20)15(11-19)18(21)22/h8-9,15-16,20H,2-7,10-11H2,1H3,(H,21,22)/t15-,16+/m0/s1. The first-order valence-corrected chi connectivity index (χ1v) is 8.49. The van der Waals surface area contributed by atoms with Crippen LogP contribution in [-0.2, 0) is 24.2 Å². The van der Waals surface area contributed by atoms with Crippen molar-refractivity contribution < 1.29 is 19.7 Å². The summed E-state index contributed by atoms with van der Waals surface area (Å²) in [6.07, 6.45) is 3.20. The molecule has 23 heavy (non-hydrogen) atoms. The number of aliphatic carboxylic acids is 1. The van der Waals surface area contributed by atoms with Crippen LogP contribution in [0.25, 0.3) is 0 Å². The average molecular weight is 319 g/mol. The number of fused-ring (bicyclic) bond motifs is 1. The Kier molecular flexibility index (Phi) is 4.87. The number of carboxylic acid groups (broad SMARTS) is 1. The Morgan fingerprint density at radius 2 is 2.09 bits per heavy atom. The summed E-state index contributed by atoms with van der Waals surface area (Å²) in [5.74, 6) is -0.693. The van der Waals surface area contributed by atoms with Crippen molar-refractivity contribution in [2.45, 2.75) is 45.3 Å². The van der Waals surface area contributed by atoms with Crippen LogP contribution in [0.1, 0.15) is 36.5 Å². The zero-order valence-electron chi connectivity index (χ0n) is 13.6. The number of aryl methyl sites for hydroxylation is 2. The number of hydrogen-bond acceptors (Lipinski definition) is 4. The number of hydrogen-bond donors (Lipinski definition) is 2. The molecule has 126 valence electrons. The molecule has 0 amide bonds. The number of aliphatic hydroxyl groups excluding tert-OH is 1. The molecule has 2 N–H and O–H groups in total. The van der Waals surface area contributed by atoms with E-state index in [-0.39, 0.29) is 0 Å². The Hall–Kier alpha value is -1.59. The van der Waals surface area contributed by atoms with Gasteiger partial charge in [0, 0.05) is 25.2 Å². The number of aliphatic hydroxyl groups is 1. The molecule has 2 aliphatic rings. The molecule has 0 bridgehead atoms. The lowest BCUT2D eigenvalue weighted by atomic mass is 9.94. The van der Waals surface area contributed by atoms with Crippen LogP contribution >= 0.6 is 0 Å². The second-order valence-electron chi connectivity index (χ2n) is 6.55. The van der Waals surface area contributed by atoms with E-state index in [9.17, 15) is 15.0 Å². The van der Waals surface area contributed by atoms with Gasteiger partial charge in [-0.3, -0.25) is 9.69 Å². The van der Waals surface area contributed by atoms with Gasteiger partial charge in [-0.15, -0.1) is 0 Å². The van der Waals surface area contributed by atoms with E-state index in [1.165, 1.54) is 17.5 Å². The first-order chi connectivity index (χ1) is 11.1. The Balaban J connectivity index is 1.78. The summed E-state index contributed by atoms with van der Waals surface area (Å²) in [7, 11) is 0. The van der Waals surface area contributed by atoms with Crippen LogP contribution in [-0.4, -0.2) is 46.9 Å². The number of benzene rings is 1. The first-order valence-electron chi connectivity index (χ1n) is 8.49. The van der Waals surface area contributed by atoms with Crippen molar-refractivity contribution >= 4 is 5.97 Å². The second-order valence-corrected chi connectivity index (χ2v) is 6.55. The molecule has 5 nitrogen and oxygen atoms in total. The molecular weight excluding hydrogens is 294 g/mol. The van der Waals surface area contributed by atoms with E-state index in [4.69, 9.17) is 4.74 Å². The van der Waals surface area contributed by atoms with Crippen molar-refractivity contribution in [3.05, 3.63) is 28.8 Å². The van der Waals surface area contributed by atoms with E-state index in [0.29, 0.717) is 32.7 Å². The molecule has 2 atom stereocenters. The summed E-state index contributed by atoms with van der Waals surface area (Å²) >= 11 is 0. The largest absolute Gasteiger partial charge is 0.494 e. The maximum Gasteiger partial charge on any atom is 0.310 e. The van der Waals surface area contributed by atoms with Gasteiger partial charge in [-0.1, -0.05) is 6.07 Å². The van der Waals surface area contributed by atoms with Gasteiger partial charge in [-0.05, 0) is 49.8 Å². The van der Waals surface area contributed by atoms with Crippen LogP contribution in [0.3, 0.4) is 0 Å². The minimum Gasteiger partial charge on any atom is -0.494 e. The van der Waals surface area contributed by atoms with Crippen molar-refractivity contribution in [3.8, 4) is 5.75 Å². The zero-order valence-corrected chi connectivity index (χ0v) is 13.6. The summed E-state index contributed by atoms with van der Waals surface area (Å²) in [5.41, 5.74) is 3.91. The van der Waals surface area contributed by atoms with E-state index in [1.807, 2.05) is 6.92 Å². The molecule has 5 heteroatoms. The first kappa shape index (κ1) is 16.3. The number of carbonyl (C=O) groups is 1. The third kappa shape index (κ3) is 3.51. The van der Waals surface area contributed by atoms with E-state index >= 15 is 0 Å². The Morgan fingerprint density at radius 3 is 2.78 bits per heavy atom. The van der Waals surface area contributed by atoms with Crippen molar-refractivity contribution in [1.29, 1.82) is 0 Å². The monoisotopic (exact) mass is 319 g/mol. The quantitative estimate of drug-likeness (QED) is 0.867. The lowest BCUT2D eigenvalue weighted by Crippen LogP contribution is -2.46. The van der Waals surface area contributed by atoms with Crippen LogP contribution in [0, 0.1) is 5.92 Å². The second kappa shape index (κ2) is 6.89. The number of rotatable bonds is 5. The molecule has 0 unspecified atom stereocenters. The Labute approximate surface area is 136 Å². The minimum atomic E-state index is -0.916. The number of nitrogens with zero attached hydrogens (tertiary/aromatic N) is 1. The topological polar surface area (TPSA) is 70.0 Å². The molecule has 1 heterocycles. The summed E-state index contributed by atoms with van der Waals surface area (Å²) in [5, 5.41) is 19.1. The van der Waals surface area contributed by atoms with E-state index < -0.39 is 18.0 Å². The lowest BCUT2D eigenvalue weighted by Gasteiger charge is -2.34. The Morgan fingerprint density at radius 1 is 1.35 bits per heavy atom. The van der Waals surface area contributed by atoms with E-state index in [1.54, 1.807) is 0 Å². The molecule has 1 saturated heterocycles. The highest BCUT2D eigenvalue weighted by molar-refractivity contribution is 5.71. The van der Waals surface area contributed by atoms with Gasteiger partial charge in [0.05, 0.1) is 18.6 Å². The highest BCUT2D eigenvalue weighted by Gasteiger charge is 2.33. The van der Waals surface area contributed by atoms with Gasteiger partial charge in [0.25, 0.3) is 0 Å². The molecule has 1 aliphatic heterocycles. The number of likely N-dealkylation sites (tertiary alicyclic amines) is 1. The van der Waals surface area contributed by atoms with Crippen molar-refractivity contribution in [3.63, 3.8) is 0 Å². The lowest BCUT2D eigenvalue weighted by molar-refractivity contribution is -0.149. The van der Waals surface area contributed by atoms with Crippen LogP contribution < -0.4 is 4.74 Å². The molecule has 0 radical (unpaired) electrons. The van der Waals surface area contributed by atoms with Crippen LogP contribution in [0.4, 0.5) is 0 Å². The molecule has 1 fully saturated rings. The van der Waals surface area contributed by atoms with Gasteiger partial charge in [-0.2, -0.15) is 0 Å². The van der Waals surface area contributed by atoms with Crippen molar-refractivity contribution in [2.24, 2.45) is 5.92 Å². The predicted octanol–water partition coefficient (Wildman–Crippen LogP) is 1.84. The number of piperidine rings is 1.